The van der Waals surface area contributed by atoms with E-state index in [0.717, 1.165) is 37.7 Å². The predicted octanol–water partition coefficient (Wildman–Crippen LogP) is 1.77. The maximum absolute atomic E-state index is 12.7. The Labute approximate surface area is 175 Å². The van der Waals surface area contributed by atoms with Crippen molar-refractivity contribution in [3.05, 3.63) is 46.4 Å². The normalized spacial score (nSPS) is 18.2. The van der Waals surface area contributed by atoms with Crippen molar-refractivity contribution in [1.29, 1.82) is 0 Å². The number of hydrogen-bond donors (Lipinski definition) is 0. The maximum atomic E-state index is 12.7. The Bertz CT molecular complexity index is 840. The molecule has 7 nitrogen and oxygen atoms in total. The highest BCUT2D eigenvalue weighted by molar-refractivity contribution is 7.09. The summed E-state index contributed by atoms with van der Waals surface area (Å²) in [4.78, 5) is 37.2. The third-order valence-corrected chi connectivity index (χ3v) is 6.47. The summed E-state index contributed by atoms with van der Waals surface area (Å²) in [7, 11) is 0. The maximum Gasteiger partial charge on any atom is 0.273 e. The van der Waals surface area contributed by atoms with Crippen LogP contribution in [0.1, 0.15) is 22.4 Å². The van der Waals surface area contributed by atoms with Crippen LogP contribution >= 0.6 is 11.3 Å². The molecule has 2 aliphatic rings. The number of aromatic nitrogens is 1. The van der Waals surface area contributed by atoms with E-state index in [1.165, 1.54) is 5.69 Å². The molecule has 0 unspecified atom stereocenters. The van der Waals surface area contributed by atoms with E-state index < -0.39 is 0 Å². The van der Waals surface area contributed by atoms with Crippen molar-refractivity contribution in [3.63, 3.8) is 0 Å². The van der Waals surface area contributed by atoms with Gasteiger partial charge in [-0.1, -0.05) is 18.2 Å². The fraction of sp³-hybridized carbons (Fsp3) is 0.476. The first kappa shape index (κ1) is 19.8. The fourth-order valence-electron chi connectivity index (χ4n) is 3.86. The largest absolute Gasteiger partial charge is 0.369 e. The van der Waals surface area contributed by atoms with Crippen LogP contribution in [-0.2, 0) is 11.3 Å². The van der Waals surface area contributed by atoms with Crippen LogP contribution in [0.3, 0.4) is 0 Å². The summed E-state index contributed by atoms with van der Waals surface area (Å²) >= 11 is 1.56. The van der Waals surface area contributed by atoms with Gasteiger partial charge in [0.1, 0.15) is 10.7 Å². The van der Waals surface area contributed by atoms with Crippen LogP contribution in [0.25, 0.3) is 0 Å². The van der Waals surface area contributed by atoms with Crippen LogP contribution in [-0.4, -0.2) is 83.9 Å². The monoisotopic (exact) mass is 413 g/mol. The molecule has 154 valence electrons. The van der Waals surface area contributed by atoms with Gasteiger partial charge in [-0.15, -0.1) is 11.3 Å². The quantitative estimate of drug-likeness (QED) is 0.765. The van der Waals surface area contributed by atoms with Gasteiger partial charge in [-0.2, -0.15) is 0 Å². The fourth-order valence-corrected chi connectivity index (χ4v) is 4.67. The average molecular weight is 414 g/mol. The van der Waals surface area contributed by atoms with Crippen LogP contribution < -0.4 is 4.90 Å². The second-order valence-electron chi connectivity index (χ2n) is 7.52. The van der Waals surface area contributed by atoms with Gasteiger partial charge in [0.05, 0.1) is 6.54 Å². The molecule has 2 aliphatic heterocycles. The molecular weight excluding hydrogens is 386 g/mol. The summed E-state index contributed by atoms with van der Waals surface area (Å²) in [6.07, 6.45) is 0. The minimum absolute atomic E-state index is 0.0235. The molecule has 1 aromatic carbocycles. The molecule has 2 aromatic rings. The van der Waals surface area contributed by atoms with Crippen molar-refractivity contribution in [1.82, 2.24) is 19.7 Å². The van der Waals surface area contributed by atoms with Crippen molar-refractivity contribution in [2.75, 3.05) is 57.3 Å². The first-order chi connectivity index (χ1) is 14.1. The minimum atomic E-state index is -0.0235. The number of thiazole rings is 1. The summed E-state index contributed by atoms with van der Waals surface area (Å²) in [5, 5.41) is 2.86. The highest BCUT2D eigenvalue weighted by Gasteiger charge is 2.25. The number of piperazine rings is 2. The van der Waals surface area contributed by atoms with Crippen LogP contribution in [0.5, 0.6) is 0 Å². The van der Waals surface area contributed by atoms with E-state index in [2.05, 4.69) is 39.0 Å². The van der Waals surface area contributed by atoms with E-state index in [4.69, 9.17) is 0 Å². The van der Waals surface area contributed by atoms with E-state index in [9.17, 15) is 9.59 Å². The number of rotatable bonds is 4. The van der Waals surface area contributed by atoms with Crippen LogP contribution in [0.15, 0.2) is 35.7 Å². The summed E-state index contributed by atoms with van der Waals surface area (Å²) in [5.74, 6) is 0.0463. The Morgan fingerprint density at radius 1 is 0.931 bits per heavy atom. The van der Waals surface area contributed by atoms with Crippen molar-refractivity contribution >= 4 is 28.8 Å². The molecule has 0 saturated carbocycles. The number of carbonyl (C=O) groups is 2. The van der Waals surface area contributed by atoms with E-state index in [1.54, 1.807) is 28.1 Å². The standard InChI is InChI=1S/C21H27N5O2S/c1-17(27)24-11-13-26(14-12-24)21(28)19-16-29-20(22-19)15-23-7-9-25(10-8-23)18-5-3-2-4-6-18/h2-6,16H,7-15H2,1H3. The molecular formula is C21H27N5O2S. The van der Waals surface area contributed by atoms with Gasteiger partial charge in [-0.3, -0.25) is 14.5 Å². The van der Waals surface area contributed by atoms with Gasteiger partial charge in [0.15, 0.2) is 0 Å². The Balaban J connectivity index is 1.28. The molecule has 0 atom stereocenters. The lowest BCUT2D eigenvalue weighted by Gasteiger charge is -2.35. The average Bonchev–Trinajstić information content (AvgIpc) is 3.23. The number of amides is 2. The predicted molar refractivity (Wildman–Crippen MR) is 114 cm³/mol. The number of anilines is 1. The third kappa shape index (κ3) is 4.76. The van der Waals surface area contributed by atoms with Crippen LogP contribution in [0.4, 0.5) is 5.69 Å². The molecule has 3 heterocycles. The van der Waals surface area contributed by atoms with Crippen molar-refractivity contribution < 1.29 is 9.59 Å². The molecule has 0 N–H and O–H groups in total. The Kier molecular flexibility index (Phi) is 6.10. The van der Waals surface area contributed by atoms with Crippen molar-refractivity contribution in [2.45, 2.75) is 13.5 Å². The lowest BCUT2D eigenvalue weighted by Crippen LogP contribution is -2.50. The highest BCUT2D eigenvalue weighted by atomic mass is 32.1. The minimum Gasteiger partial charge on any atom is -0.369 e. The molecule has 1 aromatic heterocycles. The van der Waals surface area contributed by atoms with Crippen LogP contribution in [0.2, 0.25) is 0 Å². The summed E-state index contributed by atoms with van der Waals surface area (Å²) < 4.78 is 0. The number of nitrogens with zero attached hydrogens (tertiary/aromatic N) is 5. The van der Waals surface area contributed by atoms with Gasteiger partial charge >= 0.3 is 0 Å². The van der Waals surface area contributed by atoms with E-state index >= 15 is 0 Å². The zero-order chi connectivity index (χ0) is 20.2. The lowest BCUT2D eigenvalue weighted by molar-refractivity contribution is -0.130. The van der Waals surface area contributed by atoms with E-state index in [0.29, 0.717) is 31.9 Å². The molecule has 2 fully saturated rings. The number of benzene rings is 1. The topological polar surface area (TPSA) is 60.0 Å². The summed E-state index contributed by atoms with van der Waals surface area (Å²) in [5.41, 5.74) is 1.81. The van der Waals surface area contributed by atoms with E-state index in [1.807, 2.05) is 11.4 Å². The summed E-state index contributed by atoms with van der Waals surface area (Å²) in [6.45, 7) is 8.70. The molecule has 8 heteroatoms. The van der Waals surface area contributed by atoms with Gasteiger partial charge in [-0.05, 0) is 12.1 Å². The molecule has 0 aliphatic carbocycles. The third-order valence-electron chi connectivity index (χ3n) is 5.64. The second kappa shape index (κ2) is 8.92. The smallest absolute Gasteiger partial charge is 0.273 e. The molecule has 0 bridgehead atoms. The van der Waals surface area contributed by atoms with Gasteiger partial charge in [0.25, 0.3) is 5.91 Å². The highest BCUT2D eigenvalue weighted by Crippen LogP contribution is 2.19. The lowest BCUT2D eigenvalue weighted by atomic mass is 10.2. The van der Waals surface area contributed by atoms with Gasteiger partial charge in [0, 0.05) is 70.3 Å². The second-order valence-corrected chi connectivity index (χ2v) is 8.47. The number of carbonyl (C=O) groups excluding carboxylic acids is 2. The number of hydrogen-bond acceptors (Lipinski definition) is 6. The zero-order valence-electron chi connectivity index (χ0n) is 16.8. The number of para-hydroxylation sites is 1. The van der Waals surface area contributed by atoms with Crippen molar-refractivity contribution in [3.8, 4) is 0 Å². The van der Waals surface area contributed by atoms with Crippen LogP contribution in [0, 0.1) is 0 Å². The molecule has 2 amide bonds. The zero-order valence-corrected chi connectivity index (χ0v) is 17.6. The molecule has 0 spiro atoms. The van der Waals surface area contributed by atoms with Gasteiger partial charge in [-0.25, -0.2) is 4.98 Å². The first-order valence-electron chi connectivity index (χ1n) is 10.1. The molecule has 0 radical (unpaired) electrons. The van der Waals surface area contributed by atoms with Gasteiger partial charge in [0.2, 0.25) is 5.91 Å². The summed E-state index contributed by atoms with van der Waals surface area (Å²) in [6, 6.07) is 10.5. The molecule has 29 heavy (non-hydrogen) atoms. The SMILES string of the molecule is CC(=O)N1CCN(C(=O)c2csc(CN3CCN(c4ccccc4)CC3)n2)CC1. The van der Waals surface area contributed by atoms with E-state index in [-0.39, 0.29) is 11.8 Å². The molecule has 4 rings (SSSR count). The Morgan fingerprint density at radius 2 is 1.59 bits per heavy atom. The first-order valence-corrected chi connectivity index (χ1v) is 11.0. The molecule has 2 saturated heterocycles. The Hall–Kier alpha value is -2.45. The van der Waals surface area contributed by atoms with Crippen molar-refractivity contribution in [2.24, 2.45) is 0 Å². The van der Waals surface area contributed by atoms with Gasteiger partial charge < -0.3 is 14.7 Å². The Morgan fingerprint density at radius 3 is 2.24 bits per heavy atom.